The van der Waals surface area contributed by atoms with Crippen molar-refractivity contribution in [1.82, 2.24) is 5.32 Å². The molecular formula is C18H17NO2S. The zero-order valence-electron chi connectivity index (χ0n) is 12.5. The van der Waals surface area contributed by atoms with Crippen LogP contribution in [0.3, 0.4) is 0 Å². The number of nitrogens with one attached hydrogen (secondary N) is 1. The second-order valence-electron chi connectivity index (χ2n) is 5.30. The molecule has 0 spiro atoms. The van der Waals surface area contributed by atoms with Crippen LogP contribution in [0.1, 0.15) is 46.0 Å². The molecule has 0 saturated carbocycles. The van der Waals surface area contributed by atoms with Gasteiger partial charge in [0.05, 0.1) is 4.91 Å². The number of unbranched alkanes of at least 4 members (excludes halogenated alkanes) is 1. The lowest BCUT2D eigenvalue weighted by atomic mass is 9.90. The largest absolute Gasteiger partial charge is 0.380 e. The van der Waals surface area contributed by atoms with Crippen molar-refractivity contribution >= 4 is 23.3 Å². The van der Waals surface area contributed by atoms with Crippen molar-refractivity contribution in [3.8, 4) is 11.8 Å². The van der Waals surface area contributed by atoms with Gasteiger partial charge in [0, 0.05) is 29.8 Å². The van der Waals surface area contributed by atoms with Gasteiger partial charge in [-0.25, -0.2) is 0 Å². The summed E-state index contributed by atoms with van der Waals surface area (Å²) in [6.07, 6.45) is 2.69. The van der Waals surface area contributed by atoms with Gasteiger partial charge in [-0.3, -0.25) is 9.59 Å². The van der Waals surface area contributed by atoms with Gasteiger partial charge in [0.15, 0.2) is 0 Å². The normalized spacial score (nSPS) is 16.4. The molecule has 3 rings (SSSR count). The van der Waals surface area contributed by atoms with E-state index in [0.29, 0.717) is 21.7 Å². The number of carbonyl (C=O) groups is 2. The van der Waals surface area contributed by atoms with E-state index in [1.807, 2.05) is 19.1 Å². The Morgan fingerprint density at radius 2 is 2.09 bits per heavy atom. The van der Waals surface area contributed by atoms with Gasteiger partial charge in [-0.2, -0.15) is 0 Å². The number of allylic oxidation sites excluding steroid dienone is 2. The number of Topliss-reactive ketones (excluding diaryl/α,β-unsaturated/α-hetero) is 2. The average molecular weight is 311 g/mol. The SMILES string of the molecule is CC#CCCCc1ccc2c(c1)C(=O)C1=C(SCCN1)C2=O. The highest BCUT2D eigenvalue weighted by atomic mass is 32.2. The second-order valence-corrected chi connectivity index (χ2v) is 6.40. The third-order valence-electron chi connectivity index (χ3n) is 3.83. The Kier molecular flexibility index (Phi) is 4.35. The lowest BCUT2D eigenvalue weighted by molar-refractivity contribution is 0.0975. The topological polar surface area (TPSA) is 46.2 Å². The van der Waals surface area contributed by atoms with Gasteiger partial charge in [-0.15, -0.1) is 23.6 Å². The van der Waals surface area contributed by atoms with E-state index in [2.05, 4.69) is 17.2 Å². The molecule has 0 fully saturated rings. The Hall–Kier alpha value is -1.99. The van der Waals surface area contributed by atoms with Gasteiger partial charge >= 0.3 is 0 Å². The average Bonchev–Trinajstić information content (AvgIpc) is 2.56. The van der Waals surface area contributed by atoms with Crippen LogP contribution in [-0.4, -0.2) is 23.9 Å². The number of hydrogen-bond donors (Lipinski definition) is 1. The Morgan fingerprint density at radius 1 is 1.23 bits per heavy atom. The predicted octanol–water partition coefficient (Wildman–Crippen LogP) is 2.96. The molecule has 4 heteroatoms. The minimum Gasteiger partial charge on any atom is -0.380 e. The van der Waals surface area contributed by atoms with E-state index in [1.165, 1.54) is 11.8 Å². The van der Waals surface area contributed by atoms with Crippen molar-refractivity contribution in [3.05, 3.63) is 45.5 Å². The Morgan fingerprint density at radius 3 is 2.91 bits per heavy atom. The fourth-order valence-corrected chi connectivity index (χ4v) is 3.70. The quantitative estimate of drug-likeness (QED) is 0.688. The van der Waals surface area contributed by atoms with Crippen LogP contribution in [0.15, 0.2) is 28.8 Å². The van der Waals surface area contributed by atoms with Crippen LogP contribution < -0.4 is 5.32 Å². The van der Waals surface area contributed by atoms with Crippen molar-refractivity contribution in [1.29, 1.82) is 0 Å². The molecule has 0 unspecified atom stereocenters. The molecule has 0 saturated heterocycles. The van der Waals surface area contributed by atoms with Crippen molar-refractivity contribution in [2.45, 2.75) is 26.2 Å². The van der Waals surface area contributed by atoms with Crippen molar-refractivity contribution in [2.75, 3.05) is 12.3 Å². The van der Waals surface area contributed by atoms with Crippen molar-refractivity contribution in [3.63, 3.8) is 0 Å². The molecule has 22 heavy (non-hydrogen) atoms. The third-order valence-corrected chi connectivity index (χ3v) is 4.91. The number of aryl methyl sites for hydroxylation is 1. The summed E-state index contributed by atoms with van der Waals surface area (Å²) >= 11 is 1.48. The first-order valence-electron chi connectivity index (χ1n) is 7.45. The second kappa shape index (κ2) is 6.41. The van der Waals surface area contributed by atoms with Gasteiger partial charge in [-0.05, 0) is 37.5 Å². The summed E-state index contributed by atoms with van der Waals surface area (Å²) in [4.78, 5) is 25.7. The van der Waals surface area contributed by atoms with Crippen LogP contribution in [0.5, 0.6) is 0 Å². The fourth-order valence-electron chi connectivity index (χ4n) is 2.74. The highest BCUT2D eigenvalue weighted by molar-refractivity contribution is 8.04. The van der Waals surface area contributed by atoms with Crippen molar-refractivity contribution < 1.29 is 9.59 Å². The minimum atomic E-state index is -0.0491. The van der Waals surface area contributed by atoms with Gasteiger partial charge in [0.2, 0.25) is 11.6 Å². The van der Waals surface area contributed by atoms with Crippen LogP contribution in [0.25, 0.3) is 0 Å². The highest BCUT2D eigenvalue weighted by Crippen LogP contribution is 2.34. The molecule has 1 aliphatic heterocycles. The van der Waals surface area contributed by atoms with Crippen LogP contribution in [0.4, 0.5) is 0 Å². The number of fused-ring (bicyclic) bond motifs is 1. The molecule has 3 nitrogen and oxygen atoms in total. The number of ketones is 2. The van der Waals surface area contributed by atoms with E-state index in [4.69, 9.17) is 0 Å². The summed E-state index contributed by atoms with van der Waals surface area (Å²) in [5.74, 6) is 6.68. The van der Waals surface area contributed by atoms with E-state index >= 15 is 0 Å². The zero-order valence-corrected chi connectivity index (χ0v) is 13.3. The van der Waals surface area contributed by atoms with E-state index in [0.717, 1.165) is 37.1 Å². The Labute approximate surface area is 134 Å². The molecule has 1 N–H and O–H groups in total. The standard InChI is InChI=1S/C18H17NO2S/c1-2-3-4-5-6-12-7-8-13-14(11-12)16(20)15-18(17(13)21)22-10-9-19-15/h7-8,11,19H,4-6,9-10H2,1H3. The first kappa shape index (κ1) is 14.9. The molecule has 112 valence electrons. The van der Waals surface area contributed by atoms with E-state index in [-0.39, 0.29) is 11.6 Å². The van der Waals surface area contributed by atoms with Gasteiger partial charge < -0.3 is 5.32 Å². The summed E-state index contributed by atoms with van der Waals surface area (Å²) in [5.41, 5.74) is 2.66. The lowest BCUT2D eigenvalue weighted by Gasteiger charge is -2.25. The van der Waals surface area contributed by atoms with Gasteiger partial charge in [0.25, 0.3) is 0 Å². The maximum Gasteiger partial charge on any atom is 0.210 e. The summed E-state index contributed by atoms with van der Waals surface area (Å²) in [7, 11) is 0. The maximum absolute atomic E-state index is 12.6. The number of hydrogen-bond acceptors (Lipinski definition) is 4. The minimum absolute atomic E-state index is 0.0230. The van der Waals surface area contributed by atoms with Gasteiger partial charge in [0.1, 0.15) is 5.70 Å². The lowest BCUT2D eigenvalue weighted by Crippen LogP contribution is -2.34. The number of benzene rings is 1. The van der Waals surface area contributed by atoms with Crippen LogP contribution in [0, 0.1) is 11.8 Å². The molecule has 1 heterocycles. The van der Waals surface area contributed by atoms with Crippen molar-refractivity contribution in [2.24, 2.45) is 0 Å². The van der Waals surface area contributed by atoms with Crippen LogP contribution in [-0.2, 0) is 6.42 Å². The Balaban J connectivity index is 1.88. The number of carbonyl (C=O) groups excluding carboxylic acids is 2. The summed E-state index contributed by atoms with van der Waals surface area (Å²) in [6, 6.07) is 5.63. The summed E-state index contributed by atoms with van der Waals surface area (Å²) in [6.45, 7) is 2.57. The molecule has 0 amide bonds. The monoisotopic (exact) mass is 311 g/mol. The molecule has 0 atom stereocenters. The first-order valence-corrected chi connectivity index (χ1v) is 8.44. The highest BCUT2D eigenvalue weighted by Gasteiger charge is 2.34. The van der Waals surface area contributed by atoms with Crippen LogP contribution >= 0.6 is 11.8 Å². The van der Waals surface area contributed by atoms with E-state index in [9.17, 15) is 9.59 Å². The maximum atomic E-state index is 12.6. The molecule has 1 aromatic carbocycles. The molecular weight excluding hydrogens is 294 g/mol. The predicted molar refractivity (Wildman–Crippen MR) is 89.0 cm³/mol. The first-order chi connectivity index (χ1) is 10.7. The molecule has 1 aliphatic carbocycles. The Bertz CT molecular complexity index is 737. The zero-order chi connectivity index (χ0) is 15.5. The third kappa shape index (κ3) is 2.69. The summed E-state index contributed by atoms with van der Waals surface area (Å²) < 4.78 is 0. The molecule has 0 aromatic heterocycles. The molecule has 0 radical (unpaired) electrons. The molecule has 0 bridgehead atoms. The fraction of sp³-hybridized carbons (Fsp3) is 0.333. The summed E-state index contributed by atoms with van der Waals surface area (Å²) in [5, 5.41) is 3.09. The van der Waals surface area contributed by atoms with Gasteiger partial charge in [-0.1, -0.05) is 6.07 Å². The molecule has 1 aromatic rings. The van der Waals surface area contributed by atoms with E-state index < -0.39 is 0 Å². The molecule has 2 aliphatic rings. The number of thioether (sulfide) groups is 1. The smallest absolute Gasteiger partial charge is 0.210 e. The number of rotatable bonds is 3. The van der Waals surface area contributed by atoms with Crippen LogP contribution in [0.2, 0.25) is 0 Å². The van der Waals surface area contributed by atoms with E-state index in [1.54, 1.807) is 6.07 Å².